The molecule has 0 spiro atoms. The van der Waals surface area contributed by atoms with Crippen LogP contribution >= 0.6 is 15.9 Å². The Hall–Kier alpha value is -1.66. The van der Waals surface area contributed by atoms with Gasteiger partial charge in [0.1, 0.15) is 6.61 Å². The lowest BCUT2D eigenvalue weighted by Crippen LogP contribution is -2.13. The number of carbonyl (C=O) groups is 1. The van der Waals surface area contributed by atoms with Gasteiger partial charge in [-0.15, -0.1) is 0 Å². The Morgan fingerprint density at radius 1 is 1.09 bits per heavy atom. The van der Waals surface area contributed by atoms with Gasteiger partial charge in [0.05, 0.1) is 16.2 Å². The van der Waals surface area contributed by atoms with Gasteiger partial charge in [-0.2, -0.15) is 0 Å². The summed E-state index contributed by atoms with van der Waals surface area (Å²) in [7, 11) is -3.47. The van der Waals surface area contributed by atoms with Gasteiger partial charge in [-0.1, -0.05) is 47.1 Å². The van der Waals surface area contributed by atoms with Crippen LogP contribution in [-0.4, -0.2) is 20.1 Å². The minimum absolute atomic E-state index is 0.0123. The molecule has 2 rings (SSSR count). The number of halogens is 1. The van der Waals surface area contributed by atoms with E-state index >= 15 is 0 Å². The number of rotatable bonds is 5. The number of hydrogen-bond donors (Lipinski definition) is 0. The zero-order valence-corrected chi connectivity index (χ0v) is 14.4. The fourth-order valence-electron chi connectivity index (χ4n) is 1.87. The molecule has 0 radical (unpaired) electrons. The first-order valence-electron chi connectivity index (χ1n) is 6.67. The van der Waals surface area contributed by atoms with Crippen molar-refractivity contribution < 1.29 is 17.9 Å². The van der Waals surface area contributed by atoms with Crippen LogP contribution in [0.5, 0.6) is 0 Å². The van der Waals surface area contributed by atoms with E-state index in [0.29, 0.717) is 0 Å². The van der Waals surface area contributed by atoms with Crippen molar-refractivity contribution in [2.75, 3.05) is 5.75 Å². The van der Waals surface area contributed by atoms with E-state index in [4.69, 9.17) is 4.74 Å². The summed E-state index contributed by atoms with van der Waals surface area (Å²) >= 11 is 3.33. The predicted molar refractivity (Wildman–Crippen MR) is 87.4 cm³/mol. The molecule has 116 valence electrons. The highest BCUT2D eigenvalue weighted by Gasteiger charge is 2.21. The number of esters is 1. The maximum Gasteiger partial charge on any atom is 0.339 e. The number of sulfone groups is 1. The minimum atomic E-state index is -3.47. The smallest absolute Gasteiger partial charge is 0.339 e. The summed E-state index contributed by atoms with van der Waals surface area (Å²) in [5.41, 5.74) is 0.897. The minimum Gasteiger partial charge on any atom is -0.457 e. The zero-order valence-electron chi connectivity index (χ0n) is 12.0. The van der Waals surface area contributed by atoms with Gasteiger partial charge in [-0.05, 0) is 29.8 Å². The van der Waals surface area contributed by atoms with Gasteiger partial charge < -0.3 is 4.74 Å². The van der Waals surface area contributed by atoms with Crippen molar-refractivity contribution in [2.24, 2.45) is 0 Å². The largest absolute Gasteiger partial charge is 0.457 e. The molecule has 0 saturated heterocycles. The summed E-state index contributed by atoms with van der Waals surface area (Å²) in [6.07, 6.45) is 0. The van der Waals surface area contributed by atoms with Gasteiger partial charge in [-0.3, -0.25) is 0 Å². The number of benzene rings is 2. The first-order valence-corrected chi connectivity index (χ1v) is 9.12. The van der Waals surface area contributed by atoms with E-state index in [1.54, 1.807) is 19.1 Å². The van der Waals surface area contributed by atoms with Gasteiger partial charge in [-0.25, -0.2) is 13.2 Å². The summed E-state index contributed by atoms with van der Waals surface area (Å²) < 4.78 is 30.2. The summed E-state index contributed by atoms with van der Waals surface area (Å²) in [6.45, 7) is 1.63. The number of hydrogen-bond acceptors (Lipinski definition) is 4. The second-order valence-corrected chi connectivity index (χ2v) is 7.76. The summed E-state index contributed by atoms with van der Waals surface area (Å²) in [6, 6.07) is 13.4. The molecular formula is C16H15BrO4S. The molecule has 0 aliphatic heterocycles. The first kappa shape index (κ1) is 16.7. The van der Waals surface area contributed by atoms with Crippen LogP contribution in [0.4, 0.5) is 0 Å². The summed E-state index contributed by atoms with van der Waals surface area (Å²) in [4.78, 5) is 12.2. The molecule has 0 aliphatic rings. The third-order valence-electron chi connectivity index (χ3n) is 3.11. The summed E-state index contributed by atoms with van der Waals surface area (Å²) in [5, 5.41) is 0. The van der Waals surface area contributed by atoms with Crippen LogP contribution in [0.1, 0.15) is 22.8 Å². The van der Waals surface area contributed by atoms with E-state index < -0.39 is 15.8 Å². The lowest BCUT2D eigenvalue weighted by Gasteiger charge is -2.09. The van der Waals surface area contributed by atoms with Crippen LogP contribution in [0.15, 0.2) is 57.9 Å². The van der Waals surface area contributed by atoms with Gasteiger partial charge in [0.15, 0.2) is 9.84 Å². The van der Waals surface area contributed by atoms with Crippen molar-refractivity contribution in [3.05, 3.63) is 64.1 Å². The van der Waals surface area contributed by atoms with Crippen molar-refractivity contribution in [2.45, 2.75) is 18.4 Å². The molecule has 0 N–H and O–H groups in total. The van der Waals surface area contributed by atoms with Crippen molar-refractivity contribution in [3.63, 3.8) is 0 Å². The van der Waals surface area contributed by atoms with Gasteiger partial charge in [0, 0.05) is 4.47 Å². The second kappa shape index (κ2) is 7.07. The van der Waals surface area contributed by atoms with Crippen LogP contribution in [-0.2, 0) is 21.2 Å². The average molecular weight is 383 g/mol. The van der Waals surface area contributed by atoms with E-state index in [1.807, 2.05) is 24.3 Å². The fourth-order valence-corrected chi connectivity index (χ4v) is 3.22. The lowest BCUT2D eigenvalue weighted by molar-refractivity contribution is 0.0468. The Morgan fingerprint density at radius 2 is 1.73 bits per heavy atom. The van der Waals surface area contributed by atoms with Crippen LogP contribution in [0, 0.1) is 0 Å². The molecule has 6 heteroatoms. The monoisotopic (exact) mass is 382 g/mol. The van der Waals surface area contributed by atoms with Gasteiger partial charge >= 0.3 is 5.97 Å². The molecule has 22 heavy (non-hydrogen) atoms. The van der Waals surface area contributed by atoms with E-state index in [1.165, 1.54) is 12.1 Å². The van der Waals surface area contributed by atoms with Gasteiger partial charge in [0.2, 0.25) is 0 Å². The number of carbonyl (C=O) groups excluding carboxylic acids is 1. The molecule has 0 fully saturated rings. The molecule has 0 heterocycles. The van der Waals surface area contributed by atoms with Crippen molar-refractivity contribution in [1.29, 1.82) is 0 Å². The molecule has 0 unspecified atom stereocenters. The Bertz CT molecular complexity index is 767. The molecular weight excluding hydrogens is 368 g/mol. The van der Waals surface area contributed by atoms with Gasteiger partial charge in [0.25, 0.3) is 0 Å². The lowest BCUT2D eigenvalue weighted by atomic mass is 10.2. The molecule has 0 bridgehead atoms. The Morgan fingerprint density at radius 3 is 2.36 bits per heavy atom. The third-order valence-corrected chi connectivity index (χ3v) is 5.42. The molecule has 2 aromatic carbocycles. The van der Waals surface area contributed by atoms with Crippen molar-refractivity contribution in [1.82, 2.24) is 0 Å². The normalized spacial score (nSPS) is 11.2. The SMILES string of the molecule is CCS(=O)(=O)c1ccccc1C(=O)OCc1ccc(Br)cc1. The van der Waals surface area contributed by atoms with Crippen LogP contribution < -0.4 is 0 Å². The fraction of sp³-hybridized carbons (Fsp3) is 0.188. The molecule has 0 aromatic heterocycles. The van der Waals surface area contributed by atoms with Crippen LogP contribution in [0.25, 0.3) is 0 Å². The topological polar surface area (TPSA) is 60.4 Å². The van der Waals surface area contributed by atoms with Crippen LogP contribution in [0.3, 0.4) is 0 Å². The zero-order chi connectivity index (χ0) is 16.2. The van der Waals surface area contributed by atoms with Crippen molar-refractivity contribution >= 4 is 31.7 Å². The quantitative estimate of drug-likeness (QED) is 0.741. The molecule has 0 saturated carbocycles. The highest BCUT2D eigenvalue weighted by molar-refractivity contribution is 9.10. The number of ether oxygens (including phenoxy) is 1. The highest BCUT2D eigenvalue weighted by atomic mass is 79.9. The van der Waals surface area contributed by atoms with Crippen molar-refractivity contribution in [3.8, 4) is 0 Å². The maximum absolute atomic E-state index is 12.2. The Labute approximate surface area is 138 Å². The molecule has 0 atom stereocenters. The predicted octanol–water partition coefficient (Wildman–Crippen LogP) is 3.60. The molecule has 0 amide bonds. The standard InChI is InChI=1S/C16H15BrO4S/c1-2-22(19,20)15-6-4-3-5-14(15)16(18)21-11-12-7-9-13(17)10-8-12/h3-10H,2,11H2,1H3. The molecule has 2 aromatic rings. The van der Waals surface area contributed by atoms with E-state index in [-0.39, 0.29) is 22.8 Å². The highest BCUT2D eigenvalue weighted by Crippen LogP contribution is 2.19. The average Bonchev–Trinajstić information content (AvgIpc) is 2.54. The Kier molecular flexibility index (Phi) is 5.37. The first-order chi connectivity index (χ1) is 10.4. The molecule has 0 aliphatic carbocycles. The third kappa shape index (κ3) is 3.96. The van der Waals surface area contributed by atoms with E-state index in [0.717, 1.165) is 10.0 Å². The van der Waals surface area contributed by atoms with E-state index in [9.17, 15) is 13.2 Å². The molecule has 4 nitrogen and oxygen atoms in total. The summed E-state index contributed by atoms with van der Waals surface area (Å²) in [5.74, 6) is -0.708. The maximum atomic E-state index is 12.2. The van der Waals surface area contributed by atoms with Crippen LogP contribution in [0.2, 0.25) is 0 Å². The van der Waals surface area contributed by atoms with E-state index in [2.05, 4.69) is 15.9 Å². The second-order valence-electron chi connectivity index (χ2n) is 4.60. The Balaban J connectivity index is 2.18.